The fraction of sp³-hybridized carbons (Fsp3) is 0.591. The number of hydrogen-bond donors (Lipinski definition) is 1. The van der Waals surface area contributed by atoms with E-state index in [1.54, 1.807) is 9.80 Å². The molecule has 3 rings (SSSR count). The van der Waals surface area contributed by atoms with Gasteiger partial charge in [0.2, 0.25) is 17.7 Å². The van der Waals surface area contributed by atoms with Crippen LogP contribution in [0.25, 0.3) is 0 Å². The molecule has 0 radical (unpaired) electrons. The van der Waals surface area contributed by atoms with Crippen molar-refractivity contribution < 1.29 is 14.4 Å². The maximum Gasteiger partial charge on any atom is 0.248 e. The lowest BCUT2D eigenvalue weighted by atomic mass is 9.80. The van der Waals surface area contributed by atoms with E-state index in [-0.39, 0.29) is 17.7 Å². The molecule has 1 saturated heterocycles. The standard InChI is InChI=1S/C22H30BrN3O3/c1-3-25(4-2)21(29)22(13-8-5-9-14-22)24-19(27)16-12-15-26(20(16)28)18-11-7-6-10-17(18)23/h6-7,10-11,16H,3-5,8-9,12-15H2,1-2H3,(H,24,27). The molecule has 1 N–H and O–H groups in total. The van der Waals surface area contributed by atoms with Crippen molar-refractivity contribution in [2.75, 3.05) is 24.5 Å². The molecule has 158 valence electrons. The van der Waals surface area contributed by atoms with Crippen molar-refractivity contribution in [2.45, 2.75) is 57.9 Å². The Morgan fingerprint density at radius 2 is 1.83 bits per heavy atom. The summed E-state index contributed by atoms with van der Waals surface area (Å²) in [5.41, 5.74) is -0.0954. The summed E-state index contributed by atoms with van der Waals surface area (Å²) in [6.45, 7) is 5.64. The predicted molar refractivity (Wildman–Crippen MR) is 116 cm³/mol. The van der Waals surface area contributed by atoms with Crippen LogP contribution in [0, 0.1) is 5.92 Å². The molecule has 6 nitrogen and oxygen atoms in total. The van der Waals surface area contributed by atoms with Gasteiger partial charge in [-0.2, -0.15) is 0 Å². The van der Waals surface area contributed by atoms with Crippen LogP contribution >= 0.6 is 15.9 Å². The summed E-state index contributed by atoms with van der Waals surface area (Å²) in [6.07, 6.45) is 4.64. The zero-order valence-corrected chi connectivity index (χ0v) is 18.8. The van der Waals surface area contributed by atoms with Gasteiger partial charge >= 0.3 is 0 Å². The van der Waals surface area contributed by atoms with Crippen LogP contribution in [-0.4, -0.2) is 47.8 Å². The Labute approximate surface area is 181 Å². The first-order valence-electron chi connectivity index (χ1n) is 10.6. The Morgan fingerprint density at radius 3 is 2.45 bits per heavy atom. The molecule has 7 heteroatoms. The van der Waals surface area contributed by atoms with Crippen LogP contribution in [0.3, 0.4) is 0 Å². The van der Waals surface area contributed by atoms with E-state index < -0.39 is 11.5 Å². The Kier molecular flexibility index (Phi) is 6.98. The van der Waals surface area contributed by atoms with Crippen molar-refractivity contribution in [2.24, 2.45) is 5.92 Å². The van der Waals surface area contributed by atoms with Crippen molar-refractivity contribution in [3.63, 3.8) is 0 Å². The monoisotopic (exact) mass is 463 g/mol. The first-order chi connectivity index (χ1) is 13.9. The topological polar surface area (TPSA) is 69.7 Å². The minimum atomic E-state index is -0.873. The van der Waals surface area contributed by atoms with Gasteiger partial charge in [-0.25, -0.2) is 0 Å². The number of amides is 3. The summed E-state index contributed by atoms with van der Waals surface area (Å²) in [7, 11) is 0. The number of carbonyl (C=O) groups excluding carboxylic acids is 3. The molecule has 0 bridgehead atoms. The van der Waals surface area contributed by atoms with Crippen LogP contribution in [0.2, 0.25) is 0 Å². The van der Waals surface area contributed by atoms with E-state index in [0.717, 1.165) is 29.4 Å². The number of benzene rings is 1. The molecule has 3 amide bonds. The highest BCUT2D eigenvalue weighted by molar-refractivity contribution is 9.10. The molecule has 0 aromatic heterocycles. The Morgan fingerprint density at radius 1 is 1.17 bits per heavy atom. The van der Waals surface area contributed by atoms with Gasteiger partial charge in [-0.15, -0.1) is 0 Å². The van der Waals surface area contributed by atoms with Gasteiger partial charge < -0.3 is 15.1 Å². The van der Waals surface area contributed by atoms with Gasteiger partial charge in [0.25, 0.3) is 0 Å². The average Bonchev–Trinajstić information content (AvgIpc) is 3.11. The number of nitrogens with one attached hydrogen (secondary N) is 1. The fourth-order valence-corrected chi connectivity index (χ4v) is 5.02. The molecule has 1 saturated carbocycles. The third-order valence-corrected chi connectivity index (χ3v) is 6.87. The molecule has 1 aliphatic carbocycles. The predicted octanol–water partition coefficient (Wildman–Crippen LogP) is 3.49. The quantitative estimate of drug-likeness (QED) is 0.656. The average molecular weight is 464 g/mol. The van der Waals surface area contributed by atoms with Crippen molar-refractivity contribution in [1.29, 1.82) is 0 Å². The van der Waals surface area contributed by atoms with Gasteiger partial charge in [0.15, 0.2) is 0 Å². The summed E-state index contributed by atoms with van der Waals surface area (Å²) in [5, 5.41) is 3.05. The third-order valence-electron chi connectivity index (χ3n) is 6.19. The number of anilines is 1. The molecular weight excluding hydrogens is 434 g/mol. The van der Waals surface area contributed by atoms with Crippen molar-refractivity contribution in [3.8, 4) is 0 Å². The number of halogens is 1. The van der Waals surface area contributed by atoms with E-state index >= 15 is 0 Å². The lowest BCUT2D eigenvalue weighted by Crippen LogP contribution is -2.61. The smallest absolute Gasteiger partial charge is 0.248 e. The van der Waals surface area contributed by atoms with Gasteiger partial charge in [0.1, 0.15) is 11.5 Å². The van der Waals surface area contributed by atoms with Gasteiger partial charge in [-0.05, 0) is 61.2 Å². The van der Waals surface area contributed by atoms with Crippen LogP contribution < -0.4 is 10.2 Å². The van der Waals surface area contributed by atoms with Gasteiger partial charge in [0.05, 0.1) is 5.69 Å². The van der Waals surface area contributed by atoms with Crippen molar-refractivity contribution in [3.05, 3.63) is 28.7 Å². The number of nitrogens with zero attached hydrogens (tertiary/aromatic N) is 2. The zero-order valence-electron chi connectivity index (χ0n) is 17.2. The number of rotatable bonds is 6. The first kappa shape index (κ1) is 21.8. The van der Waals surface area contributed by atoms with E-state index in [1.807, 2.05) is 38.1 Å². The summed E-state index contributed by atoms with van der Waals surface area (Å²) in [4.78, 5) is 42.9. The first-order valence-corrected chi connectivity index (χ1v) is 11.4. The van der Waals surface area contributed by atoms with Crippen LogP contribution in [0.1, 0.15) is 52.4 Å². The minimum absolute atomic E-state index is 0.0105. The zero-order chi connectivity index (χ0) is 21.0. The Balaban J connectivity index is 1.77. The van der Waals surface area contributed by atoms with E-state index in [1.165, 1.54) is 0 Å². The largest absolute Gasteiger partial charge is 0.341 e. The van der Waals surface area contributed by atoms with Gasteiger partial charge in [-0.1, -0.05) is 31.4 Å². The maximum absolute atomic E-state index is 13.3. The van der Waals surface area contributed by atoms with Crippen molar-refractivity contribution >= 4 is 39.3 Å². The highest BCUT2D eigenvalue weighted by Crippen LogP contribution is 2.34. The third kappa shape index (κ3) is 4.34. The second kappa shape index (κ2) is 9.28. The molecule has 2 aliphatic rings. The number of carbonyl (C=O) groups is 3. The Hall–Kier alpha value is -1.89. The Bertz CT molecular complexity index is 772. The van der Waals surface area contributed by atoms with Crippen LogP contribution in [-0.2, 0) is 14.4 Å². The van der Waals surface area contributed by atoms with Gasteiger partial charge in [-0.3, -0.25) is 14.4 Å². The summed E-state index contributed by atoms with van der Waals surface area (Å²) >= 11 is 3.49. The number of hydrogen-bond acceptors (Lipinski definition) is 3. The molecule has 1 aliphatic heterocycles. The molecular formula is C22H30BrN3O3. The molecule has 2 fully saturated rings. The molecule has 0 spiro atoms. The van der Waals surface area contributed by atoms with E-state index in [4.69, 9.17) is 0 Å². The molecule has 29 heavy (non-hydrogen) atoms. The molecule has 1 aromatic carbocycles. The SMILES string of the molecule is CCN(CC)C(=O)C1(NC(=O)C2CCN(c3ccccc3Br)C2=O)CCCCC1. The van der Waals surface area contributed by atoms with Gasteiger partial charge in [0, 0.05) is 24.1 Å². The van der Waals surface area contributed by atoms with Crippen molar-refractivity contribution in [1.82, 2.24) is 10.2 Å². The molecule has 1 aromatic rings. The van der Waals surface area contributed by atoms with E-state index in [2.05, 4.69) is 21.2 Å². The highest BCUT2D eigenvalue weighted by Gasteiger charge is 2.46. The summed E-state index contributed by atoms with van der Waals surface area (Å²) in [6, 6.07) is 7.52. The normalized spacial score (nSPS) is 21.1. The lowest BCUT2D eigenvalue weighted by Gasteiger charge is -2.40. The number of para-hydroxylation sites is 1. The summed E-state index contributed by atoms with van der Waals surface area (Å²) in [5.74, 6) is -1.27. The molecule has 1 atom stereocenters. The van der Waals surface area contributed by atoms with Crippen LogP contribution in [0.4, 0.5) is 5.69 Å². The van der Waals surface area contributed by atoms with E-state index in [9.17, 15) is 14.4 Å². The second-order valence-corrected chi connectivity index (χ2v) is 8.75. The van der Waals surface area contributed by atoms with Crippen LogP contribution in [0.5, 0.6) is 0 Å². The lowest BCUT2D eigenvalue weighted by molar-refractivity contribution is -0.145. The highest BCUT2D eigenvalue weighted by atomic mass is 79.9. The number of likely N-dealkylation sites (N-methyl/N-ethyl adjacent to an activating group) is 1. The molecule has 1 unspecified atom stereocenters. The maximum atomic E-state index is 13.3. The van der Waals surface area contributed by atoms with E-state index in [0.29, 0.717) is 38.9 Å². The second-order valence-electron chi connectivity index (χ2n) is 7.89. The molecule has 1 heterocycles. The minimum Gasteiger partial charge on any atom is -0.341 e. The fourth-order valence-electron chi connectivity index (χ4n) is 4.52. The summed E-state index contributed by atoms with van der Waals surface area (Å²) < 4.78 is 0.829. The van der Waals surface area contributed by atoms with Crippen LogP contribution in [0.15, 0.2) is 28.7 Å².